The van der Waals surface area contributed by atoms with Crippen LogP contribution in [0.2, 0.25) is 0 Å². The van der Waals surface area contributed by atoms with Gasteiger partial charge < -0.3 is 14.8 Å². The molecular weight excluding hydrogens is 292 g/mol. The monoisotopic (exact) mass is 312 g/mol. The molecule has 0 bridgehead atoms. The molecule has 2 saturated carbocycles. The highest BCUT2D eigenvalue weighted by Gasteiger charge is 2.37. The minimum Gasteiger partial charge on any atom is -0.447 e. The molecule has 2 fully saturated rings. The minimum atomic E-state index is -0.253. The Kier molecular flexibility index (Phi) is 3.65. The first-order valence-electron chi connectivity index (χ1n) is 8.19. The second-order valence-electron chi connectivity index (χ2n) is 6.59. The molecule has 4 rings (SSSR count). The Morgan fingerprint density at radius 1 is 1.26 bits per heavy atom. The zero-order valence-corrected chi connectivity index (χ0v) is 12.8. The Bertz CT molecular complexity index is 687. The lowest BCUT2D eigenvalue weighted by atomic mass is 9.75. The van der Waals surface area contributed by atoms with Gasteiger partial charge in [0.15, 0.2) is 12.1 Å². The number of oxazole rings is 1. The Morgan fingerprint density at radius 3 is 2.65 bits per heavy atom. The number of aromatic nitrogens is 1. The van der Waals surface area contributed by atoms with Gasteiger partial charge in [0.2, 0.25) is 0 Å². The van der Waals surface area contributed by atoms with Crippen molar-refractivity contribution in [1.82, 2.24) is 10.3 Å². The molecule has 1 aromatic carbocycles. The van der Waals surface area contributed by atoms with Crippen molar-refractivity contribution < 1.29 is 14.3 Å². The summed E-state index contributed by atoms with van der Waals surface area (Å²) in [5, 5.41) is 12.7. The van der Waals surface area contributed by atoms with Crippen molar-refractivity contribution in [3.05, 3.63) is 53.7 Å². The summed E-state index contributed by atoms with van der Waals surface area (Å²) in [7, 11) is 0. The maximum absolute atomic E-state index is 12.7. The Balaban J connectivity index is 1.55. The number of carbonyl (C=O) groups excluding carboxylic acids is 1. The lowest BCUT2D eigenvalue weighted by Crippen LogP contribution is -2.41. The van der Waals surface area contributed by atoms with Crippen LogP contribution in [0, 0.1) is 5.92 Å². The second-order valence-corrected chi connectivity index (χ2v) is 6.59. The maximum Gasteiger partial charge on any atom is 0.274 e. The first-order valence-corrected chi connectivity index (χ1v) is 8.19. The average Bonchev–Trinajstić information content (AvgIpc) is 3.27. The molecule has 0 aliphatic heterocycles. The van der Waals surface area contributed by atoms with Gasteiger partial charge in [-0.3, -0.25) is 4.79 Å². The number of nitrogens with one attached hydrogen (secondary N) is 1. The van der Waals surface area contributed by atoms with Crippen molar-refractivity contribution in [1.29, 1.82) is 0 Å². The molecule has 2 N–H and O–H groups in total. The fourth-order valence-electron chi connectivity index (χ4n) is 3.31. The highest BCUT2D eigenvalue weighted by atomic mass is 16.3. The normalized spacial score (nSPS) is 24.7. The van der Waals surface area contributed by atoms with Crippen LogP contribution in [0.25, 0.3) is 0 Å². The first kappa shape index (κ1) is 14.5. The highest BCUT2D eigenvalue weighted by molar-refractivity contribution is 5.93. The van der Waals surface area contributed by atoms with E-state index in [0.717, 1.165) is 18.4 Å². The van der Waals surface area contributed by atoms with Gasteiger partial charge in [-0.15, -0.1) is 0 Å². The van der Waals surface area contributed by atoms with Gasteiger partial charge >= 0.3 is 0 Å². The Hall–Kier alpha value is -2.14. The van der Waals surface area contributed by atoms with Gasteiger partial charge in [0.1, 0.15) is 5.76 Å². The smallest absolute Gasteiger partial charge is 0.274 e. The standard InChI is InChI=1S/C18H20N2O3/c21-14-8-13(9-14)15(11-4-2-1-3-5-11)20-18(22)16-17(12-6-7-12)23-10-19-16/h1-5,10,12-15,21H,6-9H2,(H,20,22)/t13?,14?,15-/m1/s1. The van der Waals surface area contributed by atoms with Crippen LogP contribution in [0.3, 0.4) is 0 Å². The lowest BCUT2D eigenvalue weighted by molar-refractivity contribution is 0.0234. The van der Waals surface area contributed by atoms with Crippen LogP contribution in [0.4, 0.5) is 0 Å². The van der Waals surface area contributed by atoms with Crippen molar-refractivity contribution >= 4 is 5.91 Å². The number of amides is 1. The van der Waals surface area contributed by atoms with Crippen LogP contribution in [-0.2, 0) is 0 Å². The molecule has 2 aliphatic rings. The van der Waals surface area contributed by atoms with E-state index in [9.17, 15) is 9.90 Å². The fraction of sp³-hybridized carbons (Fsp3) is 0.444. The van der Waals surface area contributed by atoms with Gasteiger partial charge in [-0.25, -0.2) is 4.98 Å². The molecule has 2 aromatic rings. The lowest BCUT2D eigenvalue weighted by Gasteiger charge is -2.38. The Labute approximate surface area is 134 Å². The van der Waals surface area contributed by atoms with E-state index in [1.165, 1.54) is 6.39 Å². The molecule has 120 valence electrons. The van der Waals surface area contributed by atoms with E-state index in [-0.39, 0.29) is 24.0 Å². The molecule has 0 spiro atoms. The zero-order valence-electron chi connectivity index (χ0n) is 12.8. The third kappa shape index (κ3) is 2.88. The molecule has 1 amide bonds. The van der Waals surface area contributed by atoms with E-state index >= 15 is 0 Å². The number of hydrogen-bond donors (Lipinski definition) is 2. The molecule has 23 heavy (non-hydrogen) atoms. The number of aliphatic hydroxyl groups is 1. The van der Waals surface area contributed by atoms with Crippen LogP contribution < -0.4 is 5.32 Å². The number of aliphatic hydroxyl groups excluding tert-OH is 1. The van der Waals surface area contributed by atoms with Gasteiger partial charge in [0.25, 0.3) is 5.91 Å². The topological polar surface area (TPSA) is 75.4 Å². The number of benzene rings is 1. The van der Waals surface area contributed by atoms with Crippen LogP contribution in [0.1, 0.15) is 59.5 Å². The molecule has 0 unspecified atom stereocenters. The van der Waals surface area contributed by atoms with Crippen molar-refractivity contribution in [3.8, 4) is 0 Å². The van der Waals surface area contributed by atoms with Crippen LogP contribution >= 0.6 is 0 Å². The van der Waals surface area contributed by atoms with Crippen molar-refractivity contribution in [2.24, 2.45) is 5.92 Å². The minimum absolute atomic E-state index is 0.101. The summed E-state index contributed by atoms with van der Waals surface area (Å²) in [5.41, 5.74) is 1.47. The number of nitrogens with zero attached hydrogens (tertiary/aromatic N) is 1. The van der Waals surface area contributed by atoms with Crippen molar-refractivity contribution in [2.75, 3.05) is 0 Å². The second kappa shape index (κ2) is 5.81. The molecule has 1 atom stereocenters. The number of carbonyl (C=O) groups is 1. The zero-order chi connectivity index (χ0) is 15.8. The van der Waals surface area contributed by atoms with Gasteiger partial charge in [-0.1, -0.05) is 30.3 Å². The average molecular weight is 312 g/mol. The van der Waals surface area contributed by atoms with E-state index in [4.69, 9.17) is 4.42 Å². The number of rotatable bonds is 5. The third-order valence-corrected chi connectivity index (χ3v) is 4.82. The molecule has 1 heterocycles. The Morgan fingerprint density at radius 2 is 2.00 bits per heavy atom. The number of hydrogen-bond acceptors (Lipinski definition) is 4. The SMILES string of the molecule is O=C(N[C@H](c1ccccc1)C1CC(O)C1)c1ncoc1C1CC1. The molecule has 0 radical (unpaired) electrons. The summed E-state index contributed by atoms with van der Waals surface area (Å²) in [6.45, 7) is 0. The first-order chi connectivity index (χ1) is 11.2. The van der Waals surface area contributed by atoms with Gasteiger partial charge in [0, 0.05) is 5.92 Å². The van der Waals surface area contributed by atoms with Gasteiger partial charge in [-0.2, -0.15) is 0 Å². The van der Waals surface area contributed by atoms with Crippen LogP contribution in [0.5, 0.6) is 0 Å². The summed E-state index contributed by atoms with van der Waals surface area (Å²) in [6.07, 6.45) is 4.66. The third-order valence-electron chi connectivity index (χ3n) is 4.82. The molecule has 5 nitrogen and oxygen atoms in total. The maximum atomic E-state index is 12.7. The summed E-state index contributed by atoms with van der Waals surface area (Å²) in [4.78, 5) is 16.8. The van der Waals surface area contributed by atoms with Crippen molar-refractivity contribution in [2.45, 2.75) is 43.7 Å². The van der Waals surface area contributed by atoms with E-state index in [2.05, 4.69) is 10.3 Å². The van der Waals surface area contributed by atoms with Gasteiger partial charge in [0.05, 0.1) is 12.1 Å². The van der Waals surface area contributed by atoms with Crippen molar-refractivity contribution in [3.63, 3.8) is 0 Å². The van der Waals surface area contributed by atoms with E-state index in [1.54, 1.807) is 0 Å². The largest absolute Gasteiger partial charge is 0.447 e. The van der Waals surface area contributed by atoms with Gasteiger partial charge in [-0.05, 0) is 37.2 Å². The molecule has 0 saturated heterocycles. The summed E-state index contributed by atoms with van der Waals surface area (Å²) >= 11 is 0. The molecular formula is C18H20N2O3. The van der Waals surface area contributed by atoms with E-state index in [0.29, 0.717) is 30.2 Å². The summed E-state index contributed by atoms with van der Waals surface area (Å²) in [5.74, 6) is 1.13. The van der Waals surface area contributed by atoms with Crippen LogP contribution in [0.15, 0.2) is 41.1 Å². The molecule has 5 heteroatoms. The van der Waals surface area contributed by atoms with E-state index in [1.807, 2.05) is 30.3 Å². The van der Waals surface area contributed by atoms with Crippen LogP contribution in [-0.4, -0.2) is 22.1 Å². The predicted octanol–water partition coefficient (Wildman–Crippen LogP) is 2.79. The highest BCUT2D eigenvalue weighted by Crippen LogP contribution is 2.42. The predicted molar refractivity (Wildman–Crippen MR) is 83.9 cm³/mol. The molecule has 2 aliphatic carbocycles. The summed E-state index contributed by atoms with van der Waals surface area (Å²) < 4.78 is 5.40. The molecule has 1 aromatic heterocycles. The quantitative estimate of drug-likeness (QED) is 0.890. The fourth-order valence-corrected chi connectivity index (χ4v) is 3.31. The van der Waals surface area contributed by atoms with E-state index < -0.39 is 0 Å². The summed E-state index contributed by atoms with van der Waals surface area (Å²) in [6, 6.07) is 9.82.